The molecule has 2 rings (SSSR count). The van der Waals surface area contributed by atoms with Crippen molar-refractivity contribution in [2.75, 3.05) is 0 Å². The molecule has 3 N–H and O–H groups in total. The molecule has 0 unspecified atom stereocenters. The number of amidine groups is 1. The summed E-state index contributed by atoms with van der Waals surface area (Å²) in [4.78, 5) is 4.52. The number of para-hydroxylation sites is 1. The molecular weight excluding hydrogens is 198 g/mol. The third-order valence-electron chi connectivity index (χ3n) is 3.14. The van der Waals surface area contributed by atoms with Crippen molar-refractivity contribution in [2.24, 2.45) is 16.8 Å². The summed E-state index contributed by atoms with van der Waals surface area (Å²) in [7, 11) is 0. The molecule has 1 aliphatic rings. The summed E-state index contributed by atoms with van der Waals surface area (Å²) in [5.41, 5.74) is 3.69. The van der Waals surface area contributed by atoms with Gasteiger partial charge in [-0.15, -0.1) is 0 Å². The van der Waals surface area contributed by atoms with Crippen LogP contribution in [0.1, 0.15) is 32.1 Å². The highest BCUT2D eigenvalue weighted by atomic mass is 15.2. The van der Waals surface area contributed by atoms with Crippen LogP contribution in [-0.4, -0.2) is 5.84 Å². The number of nitrogens with zero attached hydrogens (tertiary/aromatic N) is 1. The van der Waals surface area contributed by atoms with Gasteiger partial charge in [-0.2, -0.15) is 0 Å². The van der Waals surface area contributed by atoms with E-state index in [4.69, 9.17) is 5.84 Å². The number of benzene rings is 1. The van der Waals surface area contributed by atoms with E-state index in [1.54, 1.807) is 0 Å². The molecule has 0 bridgehead atoms. The Morgan fingerprint density at radius 1 is 1.25 bits per heavy atom. The van der Waals surface area contributed by atoms with E-state index in [2.05, 4.69) is 10.4 Å². The van der Waals surface area contributed by atoms with Gasteiger partial charge in [0.15, 0.2) is 0 Å². The molecule has 0 amide bonds. The van der Waals surface area contributed by atoms with Crippen molar-refractivity contribution in [1.29, 1.82) is 0 Å². The van der Waals surface area contributed by atoms with Gasteiger partial charge in [0.2, 0.25) is 0 Å². The second kappa shape index (κ2) is 5.66. The maximum absolute atomic E-state index is 5.52. The Hall–Kier alpha value is -1.35. The van der Waals surface area contributed by atoms with Gasteiger partial charge in [0.1, 0.15) is 5.84 Å². The standard InChI is InChI=1S/C13H19N3/c14-16-13(10-11-6-4-5-7-11)15-12-8-2-1-3-9-12/h1-3,8-9,11H,4-7,10,14H2,(H,15,16). The zero-order chi connectivity index (χ0) is 11.2. The molecule has 16 heavy (non-hydrogen) atoms. The number of hydrogen-bond donors (Lipinski definition) is 2. The van der Waals surface area contributed by atoms with Crippen LogP contribution in [0.2, 0.25) is 0 Å². The van der Waals surface area contributed by atoms with Gasteiger partial charge in [-0.25, -0.2) is 10.8 Å². The van der Waals surface area contributed by atoms with Crippen LogP contribution in [0.3, 0.4) is 0 Å². The maximum atomic E-state index is 5.52. The molecule has 0 saturated heterocycles. The number of nitrogens with one attached hydrogen (secondary N) is 1. The second-order valence-electron chi connectivity index (χ2n) is 4.39. The summed E-state index contributed by atoms with van der Waals surface area (Å²) >= 11 is 0. The molecule has 0 aromatic heterocycles. The van der Waals surface area contributed by atoms with Crippen LogP contribution in [0.5, 0.6) is 0 Å². The average molecular weight is 217 g/mol. The summed E-state index contributed by atoms with van der Waals surface area (Å²) < 4.78 is 0. The normalized spacial score (nSPS) is 17.7. The summed E-state index contributed by atoms with van der Waals surface area (Å²) in [5, 5.41) is 0. The average Bonchev–Trinajstić information content (AvgIpc) is 2.82. The molecule has 1 saturated carbocycles. The molecule has 0 aliphatic heterocycles. The Morgan fingerprint density at radius 2 is 1.94 bits per heavy atom. The Labute approximate surface area is 96.7 Å². The molecule has 1 aliphatic carbocycles. The minimum absolute atomic E-state index is 0.763. The van der Waals surface area contributed by atoms with Crippen molar-refractivity contribution in [3.05, 3.63) is 30.3 Å². The Balaban J connectivity index is 2.01. The lowest BCUT2D eigenvalue weighted by atomic mass is 10.0. The molecule has 0 spiro atoms. The number of hydrazine groups is 1. The third-order valence-corrected chi connectivity index (χ3v) is 3.14. The lowest BCUT2D eigenvalue weighted by Crippen LogP contribution is -2.31. The first-order chi connectivity index (χ1) is 7.88. The summed E-state index contributed by atoms with van der Waals surface area (Å²) in [6.45, 7) is 0. The van der Waals surface area contributed by atoms with E-state index in [0.717, 1.165) is 23.9 Å². The van der Waals surface area contributed by atoms with Crippen LogP contribution < -0.4 is 11.3 Å². The molecule has 0 atom stereocenters. The van der Waals surface area contributed by atoms with Crippen LogP contribution in [0.25, 0.3) is 0 Å². The SMILES string of the molecule is NNC(CC1CCCC1)=Nc1ccccc1. The maximum Gasteiger partial charge on any atom is 0.116 e. The van der Waals surface area contributed by atoms with E-state index >= 15 is 0 Å². The summed E-state index contributed by atoms with van der Waals surface area (Å²) in [6.07, 6.45) is 6.32. The molecular formula is C13H19N3. The largest absolute Gasteiger partial charge is 0.312 e. The van der Waals surface area contributed by atoms with E-state index in [9.17, 15) is 0 Å². The van der Waals surface area contributed by atoms with Gasteiger partial charge in [0, 0.05) is 6.42 Å². The van der Waals surface area contributed by atoms with Gasteiger partial charge in [0.05, 0.1) is 5.69 Å². The molecule has 1 aromatic rings. The third kappa shape index (κ3) is 3.07. The minimum Gasteiger partial charge on any atom is -0.312 e. The van der Waals surface area contributed by atoms with Gasteiger partial charge in [-0.1, -0.05) is 43.9 Å². The monoisotopic (exact) mass is 217 g/mol. The highest BCUT2D eigenvalue weighted by molar-refractivity contribution is 5.84. The number of hydrogen-bond acceptors (Lipinski definition) is 2. The highest BCUT2D eigenvalue weighted by Gasteiger charge is 2.16. The smallest absolute Gasteiger partial charge is 0.116 e. The molecule has 3 nitrogen and oxygen atoms in total. The molecule has 1 fully saturated rings. The topological polar surface area (TPSA) is 50.4 Å². The van der Waals surface area contributed by atoms with Crippen LogP contribution in [0.15, 0.2) is 35.3 Å². The van der Waals surface area contributed by atoms with Crippen molar-refractivity contribution in [2.45, 2.75) is 32.1 Å². The van der Waals surface area contributed by atoms with Gasteiger partial charge < -0.3 is 5.43 Å². The Morgan fingerprint density at radius 3 is 2.56 bits per heavy atom. The van der Waals surface area contributed by atoms with Gasteiger partial charge in [-0.05, 0) is 18.1 Å². The zero-order valence-corrected chi connectivity index (χ0v) is 9.52. The second-order valence-corrected chi connectivity index (χ2v) is 4.39. The van der Waals surface area contributed by atoms with E-state index in [1.807, 2.05) is 30.3 Å². The lowest BCUT2D eigenvalue weighted by Gasteiger charge is -2.10. The molecule has 1 aromatic carbocycles. The molecule has 3 heteroatoms. The molecule has 0 radical (unpaired) electrons. The lowest BCUT2D eigenvalue weighted by molar-refractivity contribution is 0.565. The van der Waals surface area contributed by atoms with Crippen LogP contribution in [0, 0.1) is 5.92 Å². The van der Waals surface area contributed by atoms with Crippen LogP contribution in [-0.2, 0) is 0 Å². The summed E-state index contributed by atoms with van der Waals surface area (Å²) in [6, 6.07) is 9.95. The minimum atomic E-state index is 0.763. The highest BCUT2D eigenvalue weighted by Crippen LogP contribution is 2.27. The molecule has 0 heterocycles. The fraction of sp³-hybridized carbons (Fsp3) is 0.462. The predicted molar refractivity (Wildman–Crippen MR) is 67.4 cm³/mol. The van der Waals surface area contributed by atoms with Gasteiger partial charge in [-0.3, -0.25) is 0 Å². The first-order valence-electron chi connectivity index (χ1n) is 5.97. The van der Waals surface area contributed by atoms with E-state index in [1.165, 1.54) is 25.7 Å². The van der Waals surface area contributed by atoms with E-state index in [-0.39, 0.29) is 0 Å². The van der Waals surface area contributed by atoms with E-state index < -0.39 is 0 Å². The fourth-order valence-electron chi connectivity index (χ4n) is 2.28. The van der Waals surface area contributed by atoms with Crippen molar-refractivity contribution in [1.82, 2.24) is 5.43 Å². The quantitative estimate of drug-likeness (QED) is 0.354. The van der Waals surface area contributed by atoms with Crippen molar-refractivity contribution in [3.63, 3.8) is 0 Å². The number of aliphatic imine (C=N–C) groups is 1. The van der Waals surface area contributed by atoms with Crippen molar-refractivity contribution in [3.8, 4) is 0 Å². The first-order valence-corrected chi connectivity index (χ1v) is 5.97. The van der Waals surface area contributed by atoms with E-state index in [0.29, 0.717) is 0 Å². The zero-order valence-electron chi connectivity index (χ0n) is 9.52. The molecule has 86 valence electrons. The van der Waals surface area contributed by atoms with Gasteiger partial charge >= 0.3 is 0 Å². The number of rotatable bonds is 3. The Kier molecular flexibility index (Phi) is 3.94. The van der Waals surface area contributed by atoms with Crippen molar-refractivity contribution < 1.29 is 0 Å². The Bertz CT molecular complexity index is 339. The van der Waals surface area contributed by atoms with Crippen molar-refractivity contribution >= 4 is 11.5 Å². The van der Waals surface area contributed by atoms with Crippen LogP contribution >= 0.6 is 0 Å². The van der Waals surface area contributed by atoms with Crippen LogP contribution in [0.4, 0.5) is 5.69 Å². The number of nitrogens with two attached hydrogens (primary N) is 1. The van der Waals surface area contributed by atoms with Gasteiger partial charge in [0.25, 0.3) is 0 Å². The summed E-state index contributed by atoms with van der Waals surface area (Å²) in [5.74, 6) is 7.18. The predicted octanol–water partition coefficient (Wildman–Crippen LogP) is 2.76. The fourth-order valence-corrected chi connectivity index (χ4v) is 2.28. The first kappa shape index (κ1) is 11.1.